The van der Waals surface area contributed by atoms with E-state index < -0.39 is 12.1 Å². The van der Waals surface area contributed by atoms with Gasteiger partial charge < -0.3 is 14.2 Å². The maximum absolute atomic E-state index is 12.0. The van der Waals surface area contributed by atoms with Crippen molar-refractivity contribution < 1.29 is 23.4 Å². The van der Waals surface area contributed by atoms with Crippen molar-refractivity contribution in [3.8, 4) is 0 Å². The molecular weight excluding hydrogens is 167 g/mol. The zero-order valence-corrected chi connectivity index (χ0v) is 6.79. The minimum atomic E-state index is -0.747. The lowest BCUT2D eigenvalue weighted by Crippen LogP contribution is -2.22. The summed E-state index contributed by atoms with van der Waals surface area (Å²) in [6.45, 7) is 2.92. The highest BCUT2D eigenvalue weighted by Crippen LogP contribution is 1.98. The van der Waals surface area contributed by atoms with Gasteiger partial charge in [0.2, 0.25) is 0 Å². The molecule has 0 saturated heterocycles. The number of carbonyl (C=O) groups is 1. The second kappa shape index (κ2) is 6.75. The molecule has 12 heavy (non-hydrogen) atoms. The van der Waals surface area contributed by atoms with Crippen molar-refractivity contribution in [1.29, 1.82) is 0 Å². The van der Waals surface area contributed by atoms with Gasteiger partial charge in [0, 0.05) is 7.11 Å². The fraction of sp³-hybridized carbons (Fsp3) is 0.571. The summed E-state index contributed by atoms with van der Waals surface area (Å²) in [5.41, 5.74) is 0. The van der Waals surface area contributed by atoms with Gasteiger partial charge in [-0.2, -0.15) is 0 Å². The van der Waals surface area contributed by atoms with Crippen LogP contribution in [0.2, 0.25) is 0 Å². The maximum Gasteiger partial charge on any atom is 0.293 e. The number of carbonyl (C=O) groups excluding carboxylic acids is 1. The second-order valence-corrected chi connectivity index (χ2v) is 1.92. The van der Waals surface area contributed by atoms with Crippen molar-refractivity contribution in [2.75, 3.05) is 20.3 Å². The molecule has 0 aromatic carbocycles. The molecule has 0 rings (SSSR count). The monoisotopic (exact) mass is 178 g/mol. The van der Waals surface area contributed by atoms with Crippen LogP contribution in [0.5, 0.6) is 0 Å². The van der Waals surface area contributed by atoms with E-state index in [-0.39, 0.29) is 19.7 Å². The van der Waals surface area contributed by atoms with E-state index in [1.165, 1.54) is 7.11 Å². The fourth-order valence-corrected chi connectivity index (χ4v) is 0.485. The highest BCUT2D eigenvalue weighted by Gasteiger charge is 2.07. The molecule has 0 aromatic rings. The van der Waals surface area contributed by atoms with Gasteiger partial charge in [0.15, 0.2) is 6.29 Å². The predicted octanol–water partition coefficient (Wildman–Crippen LogP) is 0.632. The number of hydrogen-bond donors (Lipinski definition) is 0. The fourth-order valence-electron chi connectivity index (χ4n) is 0.485. The summed E-state index contributed by atoms with van der Waals surface area (Å²) >= 11 is 0. The Balaban J connectivity index is 3.52. The number of ether oxygens (including phenoxy) is 3. The summed E-state index contributed by atoms with van der Waals surface area (Å²) in [5.74, 6) is -0.608. The van der Waals surface area contributed by atoms with E-state index in [4.69, 9.17) is 4.74 Å². The van der Waals surface area contributed by atoms with Gasteiger partial charge in [0.05, 0.1) is 0 Å². The maximum atomic E-state index is 12.0. The smallest absolute Gasteiger partial charge is 0.293 e. The van der Waals surface area contributed by atoms with Crippen LogP contribution in [-0.4, -0.2) is 33.1 Å². The molecule has 0 heterocycles. The van der Waals surface area contributed by atoms with Gasteiger partial charge >= 0.3 is 0 Å². The number of hydrogen-bond acceptors (Lipinski definition) is 4. The second-order valence-electron chi connectivity index (χ2n) is 1.92. The molecular formula is C7H11FO4. The van der Waals surface area contributed by atoms with Crippen LogP contribution in [0.1, 0.15) is 0 Å². The minimum Gasteiger partial charge on any atom is -0.462 e. The Labute approximate surface area is 69.9 Å². The number of halogens is 1. The Hall–Kier alpha value is -0.940. The van der Waals surface area contributed by atoms with Crippen LogP contribution in [0.15, 0.2) is 12.4 Å². The van der Waals surface area contributed by atoms with Gasteiger partial charge in [0.25, 0.3) is 6.47 Å². The van der Waals surface area contributed by atoms with Gasteiger partial charge in [-0.25, -0.2) is 4.39 Å². The van der Waals surface area contributed by atoms with Crippen molar-refractivity contribution in [1.82, 2.24) is 0 Å². The molecule has 0 radical (unpaired) electrons. The lowest BCUT2D eigenvalue weighted by molar-refractivity contribution is -0.162. The van der Waals surface area contributed by atoms with Gasteiger partial charge in [-0.15, -0.1) is 0 Å². The van der Waals surface area contributed by atoms with Gasteiger partial charge in [-0.05, 0) is 0 Å². The Morgan fingerprint density at radius 3 is 2.83 bits per heavy atom. The standard InChI is InChI=1S/C7H11FO4/c1-6(8)3-12-7(10-2)4-11-5-9/h5,7H,1,3-4H2,2H3. The molecule has 0 aromatic heterocycles. The molecule has 0 bridgehead atoms. The first-order valence-electron chi connectivity index (χ1n) is 3.23. The van der Waals surface area contributed by atoms with Crippen LogP contribution in [0.3, 0.4) is 0 Å². The molecule has 0 aliphatic heterocycles. The van der Waals surface area contributed by atoms with Gasteiger partial charge in [0.1, 0.15) is 19.0 Å². The van der Waals surface area contributed by atoms with E-state index in [0.717, 1.165) is 0 Å². The van der Waals surface area contributed by atoms with Crippen LogP contribution in [0, 0.1) is 0 Å². The first-order valence-corrected chi connectivity index (χ1v) is 3.23. The molecule has 0 aliphatic rings. The molecule has 0 N–H and O–H groups in total. The van der Waals surface area contributed by atoms with Crippen molar-refractivity contribution in [3.63, 3.8) is 0 Å². The van der Waals surface area contributed by atoms with Gasteiger partial charge in [-0.1, -0.05) is 6.58 Å². The highest BCUT2D eigenvalue weighted by molar-refractivity contribution is 5.36. The zero-order chi connectivity index (χ0) is 9.40. The molecule has 1 unspecified atom stereocenters. The third-order valence-corrected chi connectivity index (χ3v) is 0.989. The van der Waals surface area contributed by atoms with Gasteiger partial charge in [-0.3, -0.25) is 4.79 Å². The third-order valence-electron chi connectivity index (χ3n) is 0.989. The Bertz CT molecular complexity index is 148. The highest BCUT2D eigenvalue weighted by atomic mass is 19.1. The van der Waals surface area contributed by atoms with Crippen LogP contribution in [0.4, 0.5) is 4.39 Å². The molecule has 1 atom stereocenters. The summed E-state index contributed by atoms with van der Waals surface area (Å²) in [6.07, 6.45) is -0.747. The van der Waals surface area contributed by atoms with E-state index in [1.54, 1.807) is 0 Å². The van der Waals surface area contributed by atoms with E-state index in [0.29, 0.717) is 0 Å². The van der Waals surface area contributed by atoms with Crippen molar-refractivity contribution in [3.05, 3.63) is 12.4 Å². The van der Waals surface area contributed by atoms with Crippen molar-refractivity contribution in [2.24, 2.45) is 0 Å². The largest absolute Gasteiger partial charge is 0.462 e. The first-order chi connectivity index (χ1) is 5.70. The van der Waals surface area contributed by atoms with E-state index in [1.807, 2.05) is 0 Å². The molecule has 0 spiro atoms. The minimum absolute atomic E-state index is 0.0622. The lowest BCUT2D eigenvalue weighted by atomic mass is 10.6. The topological polar surface area (TPSA) is 44.8 Å². The van der Waals surface area contributed by atoms with Crippen LogP contribution < -0.4 is 0 Å². The normalized spacial score (nSPS) is 12.2. The zero-order valence-electron chi connectivity index (χ0n) is 6.79. The Morgan fingerprint density at radius 2 is 2.42 bits per heavy atom. The average Bonchev–Trinajstić information content (AvgIpc) is 2.05. The summed E-state index contributed by atoms with van der Waals surface area (Å²) < 4.78 is 25.8. The Kier molecular flexibility index (Phi) is 6.22. The quantitative estimate of drug-likeness (QED) is 0.423. The summed E-state index contributed by atoms with van der Waals surface area (Å²) in [6, 6.07) is 0. The third kappa shape index (κ3) is 5.82. The van der Waals surface area contributed by atoms with Crippen LogP contribution in [-0.2, 0) is 19.0 Å². The average molecular weight is 178 g/mol. The summed E-state index contributed by atoms with van der Waals surface area (Å²) in [7, 11) is 1.36. The molecule has 5 heteroatoms. The molecule has 0 aliphatic carbocycles. The van der Waals surface area contributed by atoms with Crippen molar-refractivity contribution >= 4 is 6.47 Å². The van der Waals surface area contributed by atoms with E-state index in [2.05, 4.69) is 16.1 Å². The molecule has 70 valence electrons. The molecule has 0 fully saturated rings. The van der Waals surface area contributed by atoms with Crippen molar-refractivity contribution in [2.45, 2.75) is 6.29 Å². The number of methoxy groups -OCH3 is 1. The van der Waals surface area contributed by atoms with Crippen LogP contribution in [0.25, 0.3) is 0 Å². The summed E-state index contributed by atoms with van der Waals surface area (Å²) in [4.78, 5) is 9.74. The Morgan fingerprint density at radius 1 is 1.75 bits per heavy atom. The molecule has 4 nitrogen and oxygen atoms in total. The SMILES string of the molecule is C=C(F)COC(COC=O)OC. The predicted molar refractivity (Wildman–Crippen MR) is 39.0 cm³/mol. The van der Waals surface area contributed by atoms with E-state index in [9.17, 15) is 9.18 Å². The lowest BCUT2D eigenvalue weighted by Gasteiger charge is -2.13. The van der Waals surface area contributed by atoms with Crippen LogP contribution >= 0.6 is 0 Å². The number of rotatable bonds is 7. The van der Waals surface area contributed by atoms with E-state index >= 15 is 0 Å². The molecule has 0 saturated carbocycles. The molecule has 0 amide bonds. The first kappa shape index (κ1) is 11.1. The summed E-state index contributed by atoms with van der Waals surface area (Å²) in [5, 5.41) is 0.